The van der Waals surface area contributed by atoms with Gasteiger partial charge in [0.05, 0.1) is 5.71 Å². The molecule has 3 N–H and O–H groups in total. The minimum Gasteiger partial charge on any atom is -0.398 e. The Kier molecular flexibility index (Phi) is 4.33. The van der Waals surface area contributed by atoms with E-state index in [1.165, 1.54) is 0 Å². The van der Waals surface area contributed by atoms with Crippen molar-refractivity contribution in [1.29, 1.82) is 5.41 Å². The average molecular weight is 278 g/mol. The maximum atomic E-state index is 11.1. The second kappa shape index (κ2) is 6.18. The Morgan fingerprint density at radius 1 is 1.10 bits per heavy atom. The summed E-state index contributed by atoms with van der Waals surface area (Å²) in [7, 11) is 0. The topological polar surface area (TPSA) is 66.9 Å². The predicted molar refractivity (Wildman–Crippen MR) is 86.7 cm³/mol. The fourth-order valence-electron chi connectivity index (χ4n) is 2.21. The minimum atomic E-state index is 0.244. The molecule has 3 heteroatoms. The molecule has 0 bridgehead atoms. The van der Waals surface area contributed by atoms with Crippen LogP contribution in [0.4, 0.5) is 0 Å². The van der Waals surface area contributed by atoms with E-state index in [-0.39, 0.29) is 5.71 Å². The zero-order valence-electron chi connectivity index (χ0n) is 12.2. The van der Waals surface area contributed by atoms with Crippen molar-refractivity contribution in [1.82, 2.24) is 0 Å². The second-order valence-corrected chi connectivity index (χ2v) is 5.04. The molecule has 0 aliphatic carbocycles. The quantitative estimate of drug-likeness (QED) is 0.664. The smallest absolute Gasteiger partial charge is 0.150 e. The second-order valence-electron chi connectivity index (χ2n) is 5.04. The molecule has 0 fully saturated rings. The molecule has 3 nitrogen and oxygen atoms in total. The summed E-state index contributed by atoms with van der Waals surface area (Å²) >= 11 is 0. The molecular weight excluding hydrogens is 260 g/mol. The molecule has 0 aliphatic heterocycles. The molecule has 106 valence electrons. The van der Waals surface area contributed by atoms with Crippen LogP contribution in [-0.2, 0) is 0 Å². The Balaban J connectivity index is 2.39. The van der Waals surface area contributed by atoms with E-state index in [0.717, 1.165) is 23.0 Å². The van der Waals surface area contributed by atoms with Crippen LogP contribution >= 0.6 is 0 Å². The number of benzene rings is 2. The van der Waals surface area contributed by atoms with Crippen molar-refractivity contribution in [2.75, 3.05) is 0 Å². The molecule has 0 heterocycles. The normalized spacial score (nSPS) is 11.2. The van der Waals surface area contributed by atoms with Gasteiger partial charge in [-0.2, -0.15) is 0 Å². The summed E-state index contributed by atoms with van der Waals surface area (Å²) in [6, 6.07) is 13.2. The molecular formula is C18H18N2O. The molecule has 21 heavy (non-hydrogen) atoms. The number of hydrogen-bond donors (Lipinski definition) is 2. The lowest BCUT2D eigenvalue weighted by atomic mass is 9.97. The molecule has 0 amide bonds. The van der Waals surface area contributed by atoms with Gasteiger partial charge in [-0.15, -0.1) is 0 Å². The van der Waals surface area contributed by atoms with E-state index in [2.05, 4.69) is 0 Å². The number of carbonyl (C=O) groups excluding carboxylic acids is 1. The fourth-order valence-corrected chi connectivity index (χ4v) is 2.21. The summed E-state index contributed by atoms with van der Waals surface area (Å²) in [6.07, 6.45) is 2.37. The van der Waals surface area contributed by atoms with Crippen LogP contribution in [0.25, 0.3) is 5.70 Å². The van der Waals surface area contributed by atoms with Crippen molar-refractivity contribution in [3.63, 3.8) is 0 Å². The Hall–Kier alpha value is -2.68. The number of hydrogen-bond acceptors (Lipinski definition) is 3. The molecule has 0 aromatic heterocycles. The van der Waals surface area contributed by atoms with Crippen LogP contribution in [-0.4, -0.2) is 12.0 Å². The molecule has 0 spiro atoms. The summed E-state index contributed by atoms with van der Waals surface area (Å²) in [5, 5.41) is 8.22. The fraction of sp³-hybridized carbons (Fsp3) is 0.111. The molecule has 0 aliphatic rings. The number of nitrogens with two attached hydrogens (primary N) is 1. The molecule has 2 rings (SSSR count). The van der Waals surface area contributed by atoms with Crippen LogP contribution in [0.3, 0.4) is 0 Å². The van der Waals surface area contributed by atoms with Gasteiger partial charge in [0.15, 0.2) is 6.29 Å². The molecule has 2 aromatic carbocycles. The number of allylic oxidation sites excluding steroid dienone is 1. The highest BCUT2D eigenvalue weighted by Gasteiger charge is 2.09. The Labute approximate surface area is 124 Å². The maximum Gasteiger partial charge on any atom is 0.150 e. The van der Waals surface area contributed by atoms with Crippen LogP contribution in [0.1, 0.15) is 32.6 Å². The van der Waals surface area contributed by atoms with Gasteiger partial charge in [0.25, 0.3) is 0 Å². The van der Waals surface area contributed by atoms with E-state index >= 15 is 0 Å². The lowest BCUT2D eigenvalue weighted by Gasteiger charge is -2.09. The van der Waals surface area contributed by atoms with E-state index < -0.39 is 0 Å². The first-order chi connectivity index (χ1) is 10.0. The molecule has 2 aromatic rings. The van der Waals surface area contributed by atoms with Gasteiger partial charge in [0, 0.05) is 16.8 Å². The van der Waals surface area contributed by atoms with E-state index in [1.807, 2.05) is 50.2 Å². The maximum absolute atomic E-state index is 11.1. The summed E-state index contributed by atoms with van der Waals surface area (Å²) in [4.78, 5) is 11.1. The van der Waals surface area contributed by atoms with Gasteiger partial charge in [-0.1, -0.05) is 48.0 Å². The Morgan fingerprint density at radius 2 is 1.76 bits per heavy atom. The minimum absolute atomic E-state index is 0.244. The van der Waals surface area contributed by atoms with Crippen molar-refractivity contribution >= 4 is 17.7 Å². The summed E-state index contributed by atoms with van der Waals surface area (Å²) in [5.74, 6) is 0. The predicted octanol–water partition coefficient (Wildman–Crippen LogP) is 3.48. The first-order valence-corrected chi connectivity index (χ1v) is 6.71. The first kappa shape index (κ1) is 14.7. The van der Waals surface area contributed by atoms with Crippen molar-refractivity contribution in [3.05, 3.63) is 76.4 Å². The largest absolute Gasteiger partial charge is 0.398 e. The van der Waals surface area contributed by atoms with Gasteiger partial charge in [-0.05, 0) is 31.1 Å². The molecule has 0 saturated heterocycles. The monoisotopic (exact) mass is 278 g/mol. The third kappa shape index (κ3) is 3.26. The number of aldehydes is 1. The Bertz CT molecular complexity index is 712. The van der Waals surface area contributed by atoms with Gasteiger partial charge in [0.2, 0.25) is 0 Å². The molecule has 0 radical (unpaired) electrons. The number of nitrogens with one attached hydrogen (secondary N) is 1. The third-order valence-electron chi connectivity index (χ3n) is 3.39. The van der Waals surface area contributed by atoms with Crippen LogP contribution < -0.4 is 5.73 Å². The molecule has 0 unspecified atom stereocenters. The van der Waals surface area contributed by atoms with E-state index in [1.54, 1.807) is 12.1 Å². The van der Waals surface area contributed by atoms with Crippen LogP contribution in [0, 0.1) is 19.3 Å². The summed E-state index contributed by atoms with van der Waals surface area (Å²) < 4.78 is 0. The number of aryl methyl sites for hydroxylation is 2. The van der Waals surface area contributed by atoms with Crippen molar-refractivity contribution in [2.24, 2.45) is 5.73 Å². The SMILES string of the molecule is Cc1ccc(/C(N)=C/C(=N)c2c(C)cccc2C=O)cc1. The van der Waals surface area contributed by atoms with E-state index in [9.17, 15) is 4.79 Å². The lowest BCUT2D eigenvalue weighted by molar-refractivity contribution is 0.112. The highest BCUT2D eigenvalue weighted by molar-refractivity contribution is 6.14. The number of rotatable bonds is 4. The lowest BCUT2D eigenvalue weighted by Crippen LogP contribution is -2.07. The third-order valence-corrected chi connectivity index (χ3v) is 3.39. The highest BCUT2D eigenvalue weighted by Crippen LogP contribution is 2.17. The zero-order valence-corrected chi connectivity index (χ0v) is 12.2. The zero-order chi connectivity index (χ0) is 15.4. The highest BCUT2D eigenvalue weighted by atomic mass is 16.1. The van der Waals surface area contributed by atoms with Crippen molar-refractivity contribution < 1.29 is 4.79 Å². The van der Waals surface area contributed by atoms with Gasteiger partial charge in [0.1, 0.15) is 0 Å². The van der Waals surface area contributed by atoms with Crippen molar-refractivity contribution in [3.8, 4) is 0 Å². The average Bonchev–Trinajstić information content (AvgIpc) is 2.47. The van der Waals surface area contributed by atoms with Crippen LogP contribution in [0.15, 0.2) is 48.5 Å². The van der Waals surface area contributed by atoms with Crippen LogP contribution in [0.5, 0.6) is 0 Å². The van der Waals surface area contributed by atoms with E-state index in [4.69, 9.17) is 11.1 Å². The summed E-state index contributed by atoms with van der Waals surface area (Å²) in [6.45, 7) is 3.89. The first-order valence-electron chi connectivity index (χ1n) is 6.71. The molecule has 0 saturated carbocycles. The summed E-state index contributed by atoms with van der Waals surface area (Å²) in [5.41, 5.74) is 10.9. The van der Waals surface area contributed by atoms with Gasteiger partial charge in [-0.3, -0.25) is 4.79 Å². The molecule has 0 atom stereocenters. The Morgan fingerprint density at radius 3 is 2.38 bits per heavy atom. The van der Waals surface area contributed by atoms with Crippen LogP contribution in [0.2, 0.25) is 0 Å². The van der Waals surface area contributed by atoms with Gasteiger partial charge in [-0.25, -0.2) is 0 Å². The van der Waals surface area contributed by atoms with Crippen molar-refractivity contribution in [2.45, 2.75) is 13.8 Å². The number of carbonyl (C=O) groups is 1. The van der Waals surface area contributed by atoms with Gasteiger partial charge >= 0.3 is 0 Å². The van der Waals surface area contributed by atoms with Gasteiger partial charge < -0.3 is 11.1 Å². The standard InChI is InChI=1S/C18H18N2O/c1-12-6-8-14(9-7-12)16(19)10-17(20)18-13(2)4-3-5-15(18)11-21/h3-11,20H,19H2,1-2H3/b16-10-,20-17?. The van der Waals surface area contributed by atoms with E-state index in [0.29, 0.717) is 16.8 Å².